The summed E-state index contributed by atoms with van der Waals surface area (Å²) in [7, 11) is 0. The third-order valence-corrected chi connectivity index (χ3v) is 5.05. The molecule has 7 heteroatoms. The van der Waals surface area contributed by atoms with Crippen LogP contribution in [-0.2, 0) is 30.4 Å². The fourth-order valence-electron chi connectivity index (χ4n) is 3.47. The van der Waals surface area contributed by atoms with E-state index in [1.54, 1.807) is 23.4 Å². The van der Waals surface area contributed by atoms with Gasteiger partial charge in [-0.3, -0.25) is 4.79 Å². The van der Waals surface area contributed by atoms with Crippen LogP contribution in [0.3, 0.4) is 0 Å². The highest BCUT2D eigenvalue weighted by Crippen LogP contribution is 2.32. The molecule has 2 aromatic carbocycles. The molecule has 0 spiro atoms. The van der Waals surface area contributed by atoms with Crippen molar-refractivity contribution in [3.05, 3.63) is 83.4 Å². The Morgan fingerprint density at radius 3 is 2.34 bits per heavy atom. The van der Waals surface area contributed by atoms with Crippen LogP contribution in [0, 0.1) is 0 Å². The minimum absolute atomic E-state index is 0.0400. The number of fused-ring (bicyclic) bond motifs is 1. The molecule has 0 saturated carbocycles. The van der Waals surface area contributed by atoms with E-state index in [0.29, 0.717) is 24.5 Å². The van der Waals surface area contributed by atoms with E-state index in [1.807, 2.05) is 18.2 Å². The highest BCUT2D eigenvalue weighted by Gasteiger charge is 2.30. The highest BCUT2D eigenvalue weighted by molar-refractivity contribution is 5.78. The van der Waals surface area contributed by atoms with Gasteiger partial charge in [-0.1, -0.05) is 24.3 Å². The van der Waals surface area contributed by atoms with Crippen LogP contribution in [0.15, 0.2) is 60.9 Å². The third-order valence-electron chi connectivity index (χ3n) is 5.05. The summed E-state index contributed by atoms with van der Waals surface area (Å²) in [6.07, 6.45) is -0.245. The number of alkyl halides is 3. The number of aromatic nitrogens is 2. The maximum atomic E-state index is 12.8. The molecule has 0 saturated heterocycles. The van der Waals surface area contributed by atoms with Gasteiger partial charge in [0.15, 0.2) is 0 Å². The number of carbonyl (C=O) groups excluding carboxylic acids is 1. The van der Waals surface area contributed by atoms with E-state index in [0.717, 1.165) is 35.2 Å². The summed E-state index contributed by atoms with van der Waals surface area (Å²) >= 11 is 0. The number of rotatable bonds is 3. The molecular formula is C22H18F3N3O. The van der Waals surface area contributed by atoms with E-state index in [2.05, 4.69) is 9.97 Å². The summed E-state index contributed by atoms with van der Waals surface area (Å²) in [5, 5.41) is 0. The number of halogens is 3. The largest absolute Gasteiger partial charge is 0.416 e. The van der Waals surface area contributed by atoms with Crippen molar-refractivity contribution in [2.45, 2.75) is 25.6 Å². The molecule has 2 heterocycles. The van der Waals surface area contributed by atoms with Crippen molar-refractivity contribution in [3.8, 4) is 11.1 Å². The average Bonchev–Trinajstić information content (AvgIpc) is 2.73. The second-order valence-corrected chi connectivity index (χ2v) is 6.97. The minimum atomic E-state index is -4.35. The lowest BCUT2D eigenvalue weighted by molar-refractivity contribution is -0.137. The minimum Gasteiger partial charge on any atom is -0.338 e. The molecule has 3 aromatic rings. The van der Waals surface area contributed by atoms with E-state index in [1.165, 1.54) is 12.1 Å². The lowest BCUT2D eigenvalue weighted by Gasteiger charge is -2.29. The average molecular weight is 397 g/mol. The van der Waals surface area contributed by atoms with Crippen molar-refractivity contribution in [1.82, 2.24) is 14.9 Å². The second-order valence-electron chi connectivity index (χ2n) is 6.97. The van der Waals surface area contributed by atoms with Gasteiger partial charge in [0.05, 0.1) is 12.0 Å². The summed E-state index contributed by atoms with van der Waals surface area (Å²) in [4.78, 5) is 22.6. The second kappa shape index (κ2) is 7.66. The molecule has 1 aromatic heterocycles. The molecule has 0 N–H and O–H groups in total. The van der Waals surface area contributed by atoms with Crippen molar-refractivity contribution < 1.29 is 18.0 Å². The Kier molecular flexibility index (Phi) is 5.05. The molecule has 0 atom stereocenters. The summed E-state index contributed by atoms with van der Waals surface area (Å²) in [5.74, 6) is 0.448. The van der Waals surface area contributed by atoms with Gasteiger partial charge in [-0.05, 0) is 52.9 Å². The van der Waals surface area contributed by atoms with Gasteiger partial charge in [-0.15, -0.1) is 0 Å². The number of hydrogen-bond donors (Lipinski definition) is 0. The number of carbonyl (C=O) groups is 1. The zero-order chi connectivity index (χ0) is 20.4. The molecule has 29 heavy (non-hydrogen) atoms. The van der Waals surface area contributed by atoms with Crippen LogP contribution >= 0.6 is 0 Å². The Morgan fingerprint density at radius 1 is 0.966 bits per heavy atom. The van der Waals surface area contributed by atoms with Gasteiger partial charge in [-0.2, -0.15) is 13.2 Å². The topological polar surface area (TPSA) is 46.1 Å². The number of benzene rings is 2. The molecule has 148 valence electrons. The van der Waals surface area contributed by atoms with Gasteiger partial charge >= 0.3 is 6.18 Å². The van der Waals surface area contributed by atoms with Crippen LogP contribution in [0.4, 0.5) is 13.2 Å². The molecule has 1 aliphatic rings. The van der Waals surface area contributed by atoms with E-state index in [4.69, 9.17) is 0 Å². The summed E-state index contributed by atoms with van der Waals surface area (Å²) in [6.45, 7) is 1.09. The molecule has 0 aliphatic carbocycles. The van der Waals surface area contributed by atoms with Crippen LogP contribution in [0.25, 0.3) is 11.1 Å². The van der Waals surface area contributed by atoms with E-state index in [-0.39, 0.29) is 12.3 Å². The maximum Gasteiger partial charge on any atom is 0.416 e. The van der Waals surface area contributed by atoms with Crippen molar-refractivity contribution in [2.24, 2.45) is 0 Å². The van der Waals surface area contributed by atoms with Crippen LogP contribution in [0.5, 0.6) is 0 Å². The molecule has 0 unspecified atom stereocenters. The number of hydrogen-bond acceptors (Lipinski definition) is 3. The molecule has 0 bridgehead atoms. The lowest BCUT2D eigenvalue weighted by atomic mass is 9.94. The molecular weight excluding hydrogens is 379 g/mol. The molecule has 1 aliphatic heterocycles. The SMILES string of the molecule is O=C(Cc1ncccn1)N1CCc2ccc(-c3ccc(C(F)(F)F)cc3)cc2C1. The standard InChI is InChI=1S/C22H18F3N3O/c23-22(24,25)19-6-4-15(5-7-19)17-3-2-16-8-11-28(14-18(16)12-17)21(29)13-20-26-9-1-10-27-20/h1-7,9-10,12H,8,11,13-14H2. The van der Waals surface area contributed by atoms with Crippen LogP contribution in [0.2, 0.25) is 0 Å². The van der Waals surface area contributed by atoms with Crippen LogP contribution < -0.4 is 0 Å². The van der Waals surface area contributed by atoms with E-state index >= 15 is 0 Å². The predicted octanol–water partition coefficient (Wildman–Crippen LogP) is 4.29. The van der Waals surface area contributed by atoms with Gasteiger partial charge in [0.25, 0.3) is 0 Å². The first-order valence-electron chi connectivity index (χ1n) is 9.23. The predicted molar refractivity (Wildman–Crippen MR) is 102 cm³/mol. The van der Waals surface area contributed by atoms with Gasteiger partial charge < -0.3 is 4.90 Å². The van der Waals surface area contributed by atoms with E-state index in [9.17, 15) is 18.0 Å². The van der Waals surface area contributed by atoms with Gasteiger partial charge in [0, 0.05) is 25.5 Å². The zero-order valence-electron chi connectivity index (χ0n) is 15.5. The molecule has 0 fully saturated rings. The lowest BCUT2D eigenvalue weighted by Crippen LogP contribution is -2.37. The summed E-state index contributed by atoms with van der Waals surface area (Å²) in [6, 6.07) is 12.7. The third kappa shape index (κ3) is 4.29. The van der Waals surface area contributed by atoms with Crippen LogP contribution in [-0.4, -0.2) is 27.3 Å². The van der Waals surface area contributed by atoms with Crippen molar-refractivity contribution >= 4 is 5.91 Å². The Morgan fingerprint density at radius 2 is 1.66 bits per heavy atom. The monoisotopic (exact) mass is 397 g/mol. The van der Waals surface area contributed by atoms with Crippen molar-refractivity contribution in [3.63, 3.8) is 0 Å². The fourth-order valence-corrected chi connectivity index (χ4v) is 3.47. The first-order valence-corrected chi connectivity index (χ1v) is 9.23. The Balaban J connectivity index is 1.52. The molecule has 4 nitrogen and oxygen atoms in total. The zero-order valence-corrected chi connectivity index (χ0v) is 15.5. The summed E-state index contributed by atoms with van der Waals surface area (Å²) < 4.78 is 38.3. The molecule has 4 rings (SSSR count). The first kappa shape index (κ1) is 19.1. The quantitative estimate of drug-likeness (QED) is 0.662. The number of amides is 1. The van der Waals surface area contributed by atoms with Gasteiger partial charge in [0.1, 0.15) is 5.82 Å². The maximum absolute atomic E-state index is 12.8. The van der Waals surface area contributed by atoms with E-state index < -0.39 is 11.7 Å². The first-order chi connectivity index (χ1) is 13.9. The van der Waals surface area contributed by atoms with Crippen LogP contribution in [0.1, 0.15) is 22.5 Å². The Bertz CT molecular complexity index is 1020. The molecule has 1 amide bonds. The van der Waals surface area contributed by atoms with Gasteiger partial charge in [-0.25, -0.2) is 9.97 Å². The Hall–Kier alpha value is -3.22. The van der Waals surface area contributed by atoms with Crippen molar-refractivity contribution in [1.29, 1.82) is 0 Å². The number of nitrogens with zero attached hydrogens (tertiary/aromatic N) is 3. The smallest absolute Gasteiger partial charge is 0.338 e. The molecule has 0 radical (unpaired) electrons. The Labute approximate surface area is 166 Å². The van der Waals surface area contributed by atoms with Crippen molar-refractivity contribution in [2.75, 3.05) is 6.54 Å². The van der Waals surface area contributed by atoms with Gasteiger partial charge in [0.2, 0.25) is 5.91 Å². The highest BCUT2D eigenvalue weighted by atomic mass is 19.4. The summed E-state index contributed by atoms with van der Waals surface area (Å²) in [5.41, 5.74) is 3.04. The normalized spacial score (nSPS) is 13.8. The fraction of sp³-hybridized carbons (Fsp3) is 0.227.